The lowest BCUT2D eigenvalue weighted by Crippen LogP contribution is -2.29. The summed E-state index contributed by atoms with van der Waals surface area (Å²) >= 11 is 3.42. The maximum absolute atomic E-state index is 13.4. The number of anilines is 1. The molecule has 0 bridgehead atoms. The minimum atomic E-state index is -0.347. The Morgan fingerprint density at radius 1 is 1.00 bits per heavy atom. The van der Waals surface area contributed by atoms with E-state index in [4.69, 9.17) is 0 Å². The number of hydrogen-bond donors (Lipinski definition) is 1. The first kappa shape index (κ1) is 23.4. The highest BCUT2D eigenvalue weighted by Gasteiger charge is 2.24. The summed E-state index contributed by atoms with van der Waals surface area (Å²) in [5.41, 5.74) is 4.49. The molecule has 0 spiro atoms. The van der Waals surface area contributed by atoms with Crippen molar-refractivity contribution >= 4 is 27.5 Å². The first-order valence-electron chi connectivity index (χ1n) is 10.3. The van der Waals surface area contributed by atoms with Crippen molar-refractivity contribution in [1.29, 1.82) is 0 Å². The fourth-order valence-electron chi connectivity index (χ4n) is 3.72. The van der Waals surface area contributed by atoms with Crippen LogP contribution >= 0.6 is 15.9 Å². The number of rotatable bonds is 6. The number of nitrogens with zero attached hydrogens (tertiary/aromatic N) is 1. The monoisotopic (exact) mass is 460 g/mol. The molecular formula is C24H33BrN2O2. The lowest BCUT2D eigenvalue weighted by Gasteiger charge is -2.23. The Hall–Kier alpha value is -1.88. The van der Waals surface area contributed by atoms with Gasteiger partial charge in [-0.15, -0.1) is 0 Å². The van der Waals surface area contributed by atoms with Crippen LogP contribution in [0.15, 0.2) is 27.5 Å². The minimum Gasteiger partial charge on any atom is -0.347 e. The Labute approximate surface area is 182 Å². The van der Waals surface area contributed by atoms with Gasteiger partial charge in [-0.1, -0.05) is 59.7 Å². The zero-order valence-corrected chi connectivity index (χ0v) is 20.4. The van der Waals surface area contributed by atoms with Gasteiger partial charge in [0, 0.05) is 23.6 Å². The molecule has 0 atom stereocenters. The van der Waals surface area contributed by atoms with Crippen molar-refractivity contribution < 1.29 is 4.79 Å². The van der Waals surface area contributed by atoms with Gasteiger partial charge < -0.3 is 9.88 Å². The van der Waals surface area contributed by atoms with Gasteiger partial charge in [0.05, 0.1) is 4.47 Å². The molecule has 1 amide bonds. The summed E-state index contributed by atoms with van der Waals surface area (Å²) < 4.78 is 2.51. The van der Waals surface area contributed by atoms with E-state index in [-0.39, 0.29) is 28.7 Å². The van der Waals surface area contributed by atoms with Gasteiger partial charge in [0.1, 0.15) is 5.56 Å². The normalized spacial score (nSPS) is 11.6. The second kappa shape index (κ2) is 9.29. The Kier molecular flexibility index (Phi) is 7.50. The van der Waals surface area contributed by atoms with Crippen LogP contribution in [0.4, 0.5) is 5.69 Å². The number of carbonyl (C=O) groups is 1. The predicted octanol–water partition coefficient (Wildman–Crippen LogP) is 6.38. The summed E-state index contributed by atoms with van der Waals surface area (Å²) in [5.74, 6) is 0.563. The van der Waals surface area contributed by atoms with Crippen LogP contribution in [0, 0.1) is 19.8 Å². The first-order chi connectivity index (χ1) is 13.5. The van der Waals surface area contributed by atoms with Crippen LogP contribution in [0.25, 0.3) is 0 Å². The van der Waals surface area contributed by atoms with Gasteiger partial charge in [0.15, 0.2) is 0 Å². The van der Waals surface area contributed by atoms with Crippen LogP contribution in [-0.2, 0) is 6.54 Å². The molecule has 5 heteroatoms. The number of nitrogens with one attached hydrogen (secondary N) is 1. The van der Waals surface area contributed by atoms with E-state index < -0.39 is 0 Å². The third-order valence-electron chi connectivity index (χ3n) is 5.30. The molecule has 1 aromatic heterocycles. The van der Waals surface area contributed by atoms with Crippen molar-refractivity contribution in [1.82, 2.24) is 4.57 Å². The van der Waals surface area contributed by atoms with Crippen molar-refractivity contribution in [2.24, 2.45) is 5.92 Å². The van der Waals surface area contributed by atoms with Crippen molar-refractivity contribution in [2.45, 2.75) is 73.8 Å². The zero-order chi connectivity index (χ0) is 22.0. The quantitative estimate of drug-likeness (QED) is 0.543. The SMILES string of the molecule is Cc1c(Br)c(=O)c(C(=O)Nc2c(C(C)C)cccc2C(C)C)c(C)n1CC(C)C. The second-order valence-corrected chi connectivity index (χ2v) is 9.56. The fraction of sp³-hybridized carbons (Fsp3) is 0.500. The fourth-order valence-corrected chi connectivity index (χ4v) is 4.13. The van der Waals surface area contributed by atoms with Crippen LogP contribution in [-0.4, -0.2) is 10.5 Å². The van der Waals surface area contributed by atoms with Crippen molar-refractivity contribution in [3.8, 4) is 0 Å². The Balaban J connectivity index is 2.64. The smallest absolute Gasteiger partial charge is 0.261 e. The molecule has 1 aromatic carbocycles. The summed E-state index contributed by atoms with van der Waals surface area (Å²) in [7, 11) is 0. The standard InChI is InChI=1S/C24H33BrN2O2/c1-13(2)12-27-16(7)20(23(28)21(25)17(27)8)24(29)26-22-18(14(3)4)10-9-11-19(22)15(5)6/h9-11,13-15H,12H2,1-8H3,(H,26,29). The Bertz CT molecular complexity index is 946. The lowest BCUT2D eigenvalue weighted by atomic mass is 9.92. The highest BCUT2D eigenvalue weighted by atomic mass is 79.9. The molecule has 0 aliphatic heterocycles. The van der Waals surface area contributed by atoms with Gasteiger partial charge in [-0.3, -0.25) is 9.59 Å². The van der Waals surface area contributed by atoms with Gasteiger partial charge in [0.2, 0.25) is 5.43 Å². The predicted molar refractivity (Wildman–Crippen MR) is 125 cm³/mol. The molecule has 0 unspecified atom stereocenters. The Morgan fingerprint density at radius 2 is 1.52 bits per heavy atom. The second-order valence-electron chi connectivity index (χ2n) is 8.77. The number of hydrogen-bond acceptors (Lipinski definition) is 2. The van der Waals surface area contributed by atoms with Gasteiger partial charge in [0.25, 0.3) is 5.91 Å². The van der Waals surface area contributed by atoms with Gasteiger partial charge >= 0.3 is 0 Å². The molecule has 4 nitrogen and oxygen atoms in total. The van der Waals surface area contributed by atoms with E-state index in [9.17, 15) is 9.59 Å². The maximum Gasteiger partial charge on any atom is 0.261 e. The van der Waals surface area contributed by atoms with Crippen molar-refractivity contribution in [3.63, 3.8) is 0 Å². The Morgan fingerprint density at radius 3 is 1.97 bits per heavy atom. The number of benzene rings is 1. The van der Waals surface area contributed by atoms with Crippen molar-refractivity contribution in [3.05, 3.63) is 61.0 Å². The van der Waals surface area contributed by atoms with E-state index >= 15 is 0 Å². The summed E-state index contributed by atoms with van der Waals surface area (Å²) in [6.45, 7) is 17.2. The van der Waals surface area contributed by atoms with E-state index in [1.54, 1.807) is 0 Å². The van der Waals surface area contributed by atoms with Crippen LogP contribution in [0.1, 0.15) is 86.3 Å². The average Bonchev–Trinajstić information content (AvgIpc) is 2.63. The van der Waals surface area contributed by atoms with E-state index in [1.165, 1.54) is 0 Å². The summed E-state index contributed by atoms with van der Waals surface area (Å²) in [5, 5.41) is 3.09. The van der Waals surface area contributed by atoms with Crippen LogP contribution < -0.4 is 10.7 Å². The molecule has 2 rings (SSSR count). The molecule has 158 valence electrons. The van der Waals surface area contributed by atoms with Crippen LogP contribution in [0.5, 0.6) is 0 Å². The summed E-state index contributed by atoms with van der Waals surface area (Å²) in [6, 6.07) is 6.12. The number of amides is 1. The van der Waals surface area contributed by atoms with Crippen LogP contribution in [0.2, 0.25) is 0 Å². The summed E-state index contributed by atoms with van der Waals surface area (Å²) in [6.07, 6.45) is 0. The van der Waals surface area contributed by atoms with E-state index in [1.807, 2.05) is 32.0 Å². The van der Waals surface area contributed by atoms with E-state index in [0.29, 0.717) is 16.1 Å². The number of pyridine rings is 1. The zero-order valence-electron chi connectivity index (χ0n) is 18.8. The molecule has 0 saturated carbocycles. The van der Waals surface area contributed by atoms with Gasteiger partial charge in [-0.25, -0.2) is 0 Å². The van der Waals surface area contributed by atoms with Gasteiger partial charge in [-0.05, 0) is 58.7 Å². The molecule has 2 aromatic rings. The highest BCUT2D eigenvalue weighted by Crippen LogP contribution is 2.33. The number of aromatic nitrogens is 1. The minimum absolute atomic E-state index is 0.205. The average molecular weight is 461 g/mol. The van der Waals surface area contributed by atoms with Crippen molar-refractivity contribution in [2.75, 3.05) is 5.32 Å². The van der Waals surface area contributed by atoms with E-state index in [2.05, 4.69) is 67.4 Å². The highest BCUT2D eigenvalue weighted by molar-refractivity contribution is 9.10. The first-order valence-corrected chi connectivity index (χ1v) is 11.1. The van der Waals surface area contributed by atoms with Crippen LogP contribution in [0.3, 0.4) is 0 Å². The van der Waals surface area contributed by atoms with Gasteiger partial charge in [-0.2, -0.15) is 0 Å². The molecule has 0 fully saturated rings. The topological polar surface area (TPSA) is 51.1 Å². The molecule has 0 aliphatic rings. The largest absolute Gasteiger partial charge is 0.347 e. The number of halogens is 1. The third-order valence-corrected chi connectivity index (χ3v) is 6.24. The molecule has 0 radical (unpaired) electrons. The third kappa shape index (κ3) is 4.82. The molecule has 29 heavy (non-hydrogen) atoms. The molecule has 0 aliphatic carbocycles. The number of para-hydroxylation sites is 1. The van der Waals surface area contributed by atoms with E-state index in [0.717, 1.165) is 29.1 Å². The molecular weight excluding hydrogens is 428 g/mol. The lowest BCUT2D eigenvalue weighted by molar-refractivity contribution is 0.102. The molecule has 1 heterocycles. The molecule has 0 saturated heterocycles. The summed E-state index contributed by atoms with van der Waals surface area (Å²) in [4.78, 5) is 26.4. The molecule has 1 N–H and O–H groups in total. The maximum atomic E-state index is 13.4. The number of carbonyl (C=O) groups excluding carboxylic acids is 1.